The molecule has 1 aliphatic heterocycles. The summed E-state index contributed by atoms with van der Waals surface area (Å²) in [5.74, 6) is 0.00514. The second kappa shape index (κ2) is 7.83. The summed E-state index contributed by atoms with van der Waals surface area (Å²) < 4.78 is 0. The molecule has 0 spiro atoms. The third-order valence-electron chi connectivity index (χ3n) is 5.13. The Morgan fingerprint density at radius 2 is 1.64 bits per heavy atom. The Morgan fingerprint density at radius 3 is 2.40 bits per heavy atom. The van der Waals surface area contributed by atoms with Gasteiger partial charge in [0.2, 0.25) is 0 Å². The summed E-state index contributed by atoms with van der Waals surface area (Å²) in [6, 6.07) is 12.6. The summed E-state index contributed by atoms with van der Waals surface area (Å²) in [5.41, 5.74) is 6.68. The molecule has 1 amide bonds. The summed E-state index contributed by atoms with van der Waals surface area (Å²) in [6.07, 6.45) is 2.62. The second-order valence-corrected chi connectivity index (χ2v) is 7.24. The fourth-order valence-electron chi connectivity index (χ4n) is 3.52. The quantitative estimate of drug-likeness (QED) is 0.890. The van der Waals surface area contributed by atoms with E-state index in [0.29, 0.717) is 6.54 Å². The van der Waals surface area contributed by atoms with Crippen LogP contribution in [0.1, 0.15) is 51.0 Å². The van der Waals surface area contributed by atoms with Crippen molar-refractivity contribution in [3.05, 3.63) is 69.8 Å². The van der Waals surface area contributed by atoms with E-state index in [9.17, 15) is 4.79 Å². The van der Waals surface area contributed by atoms with Crippen LogP contribution in [0.15, 0.2) is 36.4 Å². The van der Waals surface area contributed by atoms with Gasteiger partial charge in [0.15, 0.2) is 0 Å². The highest BCUT2D eigenvalue weighted by Gasteiger charge is 2.13. The Morgan fingerprint density at radius 1 is 0.960 bits per heavy atom. The van der Waals surface area contributed by atoms with Crippen LogP contribution in [0.25, 0.3) is 0 Å². The van der Waals surface area contributed by atoms with Gasteiger partial charge in [0.25, 0.3) is 5.91 Å². The molecule has 0 aromatic heterocycles. The zero-order chi connectivity index (χ0) is 17.8. The zero-order valence-electron chi connectivity index (χ0n) is 15.6. The summed E-state index contributed by atoms with van der Waals surface area (Å²) in [5, 5.41) is 3.07. The summed E-state index contributed by atoms with van der Waals surface area (Å²) in [4.78, 5) is 15.0. The number of nitrogens with zero attached hydrogens (tertiary/aromatic N) is 1. The first-order valence-electron chi connectivity index (χ1n) is 9.19. The maximum Gasteiger partial charge on any atom is 0.251 e. The Bertz CT molecular complexity index is 761. The minimum absolute atomic E-state index is 0.00514. The van der Waals surface area contributed by atoms with Gasteiger partial charge in [0.05, 0.1) is 0 Å². The molecule has 0 bridgehead atoms. The van der Waals surface area contributed by atoms with Crippen LogP contribution in [0.5, 0.6) is 0 Å². The number of hydrogen-bond acceptors (Lipinski definition) is 2. The van der Waals surface area contributed by atoms with Crippen molar-refractivity contribution in [2.24, 2.45) is 0 Å². The van der Waals surface area contributed by atoms with Gasteiger partial charge in [0, 0.05) is 18.7 Å². The first-order chi connectivity index (χ1) is 12.0. The SMILES string of the molecule is Cc1cc(C)c(C(=O)NCc2cccc(CN3CCCC3)c2)cc1C. The second-order valence-electron chi connectivity index (χ2n) is 7.24. The van der Waals surface area contributed by atoms with E-state index in [-0.39, 0.29) is 5.91 Å². The van der Waals surface area contributed by atoms with Gasteiger partial charge >= 0.3 is 0 Å². The molecular weight excluding hydrogens is 308 g/mol. The maximum absolute atomic E-state index is 12.5. The van der Waals surface area contributed by atoms with Gasteiger partial charge in [-0.3, -0.25) is 9.69 Å². The van der Waals surface area contributed by atoms with Crippen LogP contribution in [0.3, 0.4) is 0 Å². The average molecular weight is 336 g/mol. The molecular formula is C22H28N2O. The maximum atomic E-state index is 12.5. The van der Waals surface area contributed by atoms with Crippen LogP contribution < -0.4 is 5.32 Å². The Kier molecular flexibility index (Phi) is 5.54. The molecule has 1 fully saturated rings. The van der Waals surface area contributed by atoms with E-state index in [2.05, 4.69) is 47.5 Å². The normalized spacial score (nSPS) is 14.7. The number of likely N-dealkylation sites (tertiary alicyclic amines) is 1. The number of rotatable bonds is 5. The molecule has 1 heterocycles. The highest BCUT2D eigenvalue weighted by molar-refractivity contribution is 5.95. The minimum atomic E-state index is 0.00514. The van der Waals surface area contributed by atoms with Crippen molar-refractivity contribution in [2.45, 2.75) is 46.7 Å². The van der Waals surface area contributed by atoms with Gasteiger partial charge in [-0.2, -0.15) is 0 Å². The molecule has 2 aromatic rings. The third-order valence-corrected chi connectivity index (χ3v) is 5.13. The van der Waals surface area contributed by atoms with E-state index in [1.807, 2.05) is 19.9 Å². The number of amides is 1. The Hall–Kier alpha value is -2.13. The number of carbonyl (C=O) groups is 1. The van der Waals surface area contributed by atoms with Crippen molar-refractivity contribution in [3.8, 4) is 0 Å². The predicted octanol–water partition coefficient (Wildman–Crippen LogP) is 4.14. The molecule has 25 heavy (non-hydrogen) atoms. The molecule has 0 saturated carbocycles. The monoisotopic (exact) mass is 336 g/mol. The fourth-order valence-corrected chi connectivity index (χ4v) is 3.52. The predicted molar refractivity (Wildman–Crippen MR) is 103 cm³/mol. The lowest BCUT2D eigenvalue weighted by Gasteiger charge is -2.15. The van der Waals surface area contributed by atoms with Crippen molar-refractivity contribution in [1.29, 1.82) is 0 Å². The van der Waals surface area contributed by atoms with E-state index in [4.69, 9.17) is 0 Å². The number of nitrogens with one attached hydrogen (secondary N) is 1. The standard InChI is InChI=1S/C22H28N2O/c1-16-11-18(3)21(12-17(16)2)22(25)23-14-19-7-6-8-20(13-19)15-24-9-4-5-10-24/h6-8,11-13H,4-5,9-10,14-15H2,1-3H3,(H,23,25). The van der Waals surface area contributed by atoms with Crippen LogP contribution in [-0.2, 0) is 13.1 Å². The van der Waals surface area contributed by atoms with Gasteiger partial charge in [-0.1, -0.05) is 30.3 Å². The molecule has 3 heteroatoms. The molecule has 1 aliphatic rings. The summed E-state index contributed by atoms with van der Waals surface area (Å²) >= 11 is 0. The minimum Gasteiger partial charge on any atom is -0.348 e. The van der Waals surface area contributed by atoms with Crippen molar-refractivity contribution in [3.63, 3.8) is 0 Å². The lowest BCUT2D eigenvalue weighted by molar-refractivity contribution is 0.0950. The molecule has 0 unspecified atom stereocenters. The average Bonchev–Trinajstić information content (AvgIpc) is 3.09. The fraction of sp³-hybridized carbons (Fsp3) is 0.409. The lowest BCUT2D eigenvalue weighted by atomic mass is 10.0. The van der Waals surface area contributed by atoms with Crippen molar-refractivity contribution in [1.82, 2.24) is 10.2 Å². The van der Waals surface area contributed by atoms with Gasteiger partial charge in [-0.25, -0.2) is 0 Å². The van der Waals surface area contributed by atoms with E-state index >= 15 is 0 Å². The molecule has 2 aromatic carbocycles. The molecule has 3 nitrogen and oxygen atoms in total. The summed E-state index contributed by atoms with van der Waals surface area (Å²) in [6.45, 7) is 10.1. The van der Waals surface area contributed by atoms with E-state index in [1.54, 1.807) is 0 Å². The Balaban J connectivity index is 1.63. The molecule has 132 valence electrons. The molecule has 0 radical (unpaired) electrons. The molecule has 0 atom stereocenters. The van der Waals surface area contributed by atoms with Crippen LogP contribution in [0.4, 0.5) is 0 Å². The van der Waals surface area contributed by atoms with E-state index in [0.717, 1.165) is 28.8 Å². The number of carbonyl (C=O) groups excluding carboxylic acids is 1. The van der Waals surface area contributed by atoms with Crippen molar-refractivity contribution in [2.75, 3.05) is 13.1 Å². The van der Waals surface area contributed by atoms with E-state index < -0.39 is 0 Å². The highest BCUT2D eigenvalue weighted by Crippen LogP contribution is 2.16. The van der Waals surface area contributed by atoms with Gasteiger partial charge in [0.1, 0.15) is 0 Å². The van der Waals surface area contributed by atoms with Crippen molar-refractivity contribution >= 4 is 5.91 Å². The summed E-state index contributed by atoms with van der Waals surface area (Å²) in [7, 11) is 0. The van der Waals surface area contributed by atoms with E-state index in [1.165, 1.54) is 37.1 Å². The lowest BCUT2D eigenvalue weighted by Crippen LogP contribution is -2.24. The molecule has 0 aliphatic carbocycles. The van der Waals surface area contributed by atoms with Crippen LogP contribution in [0.2, 0.25) is 0 Å². The Labute approximate surface area is 151 Å². The van der Waals surface area contributed by atoms with Gasteiger partial charge < -0.3 is 5.32 Å². The third kappa shape index (κ3) is 4.49. The zero-order valence-corrected chi connectivity index (χ0v) is 15.6. The number of benzene rings is 2. The van der Waals surface area contributed by atoms with Crippen molar-refractivity contribution < 1.29 is 4.79 Å². The number of aryl methyl sites for hydroxylation is 3. The first kappa shape index (κ1) is 17.7. The molecule has 1 N–H and O–H groups in total. The molecule has 1 saturated heterocycles. The van der Waals surface area contributed by atoms with Crippen LogP contribution in [-0.4, -0.2) is 23.9 Å². The largest absolute Gasteiger partial charge is 0.348 e. The number of hydrogen-bond donors (Lipinski definition) is 1. The van der Waals surface area contributed by atoms with Crippen LogP contribution in [0, 0.1) is 20.8 Å². The molecule has 3 rings (SSSR count). The first-order valence-corrected chi connectivity index (χ1v) is 9.19. The topological polar surface area (TPSA) is 32.3 Å². The van der Waals surface area contributed by atoms with Gasteiger partial charge in [-0.05, 0) is 80.6 Å². The van der Waals surface area contributed by atoms with Gasteiger partial charge in [-0.15, -0.1) is 0 Å². The smallest absolute Gasteiger partial charge is 0.251 e. The van der Waals surface area contributed by atoms with Crippen LogP contribution >= 0.6 is 0 Å². The highest BCUT2D eigenvalue weighted by atomic mass is 16.1.